The van der Waals surface area contributed by atoms with E-state index in [9.17, 15) is 14.4 Å². The van der Waals surface area contributed by atoms with Crippen molar-refractivity contribution in [1.82, 2.24) is 10.6 Å². The molecule has 0 unspecified atom stereocenters. The SMILES string of the molecule is CCOC(=O)[C@H](C)Oc1c(Br)cc([C@H]2NC(=O)NC(C)=C2C(C)=O)cc1OCC. The number of halogens is 1. The maximum absolute atomic E-state index is 12.2. The smallest absolute Gasteiger partial charge is 0.347 e. The van der Waals surface area contributed by atoms with Crippen LogP contribution in [0.1, 0.15) is 46.2 Å². The summed E-state index contributed by atoms with van der Waals surface area (Å²) < 4.78 is 17.0. The molecule has 0 aliphatic carbocycles. The first-order chi connectivity index (χ1) is 13.7. The third-order valence-corrected chi connectivity index (χ3v) is 4.82. The number of ketones is 1. The van der Waals surface area contributed by atoms with E-state index in [1.807, 2.05) is 6.92 Å². The van der Waals surface area contributed by atoms with Crippen LogP contribution in [0.25, 0.3) is 0 Å². The quantitative estimate of drug-likeness (QED) is 0.566. The molecule has 158 valence electrons. The lowest BCUT2D eigenvalue weighted by Gasteiger charge is -2.29. The van der Waals surface area contributed by atoms with Crippen molar-refractivity contribution in [3.63, 3.8) is 0 Å². The fourth-order valence-electron chi connectivity index (χ4n) is 3.03. The van der Waals surface area contributed by atoms with Crippen LogP contribution in [-0.2, 0) is 14.3 Å². The Morgan fingerprint density at radius 3 is 2.52 bits per heavy atom. The van der Waals surface area contributed by atoms with Gasteiger partial charge in [0.05, 0.1) is 23.7 Å². The fraction of sp³-hybridized carbons (Fsp3) is 0.450. The predicted molar refractivity (Wildman–Crippen MR) is 110 cm³/mol. The summed E-state index contributed by atoms with van der Waals surface area (Å²) in [4.78, 5) is 36.1. The molecule has 0 bridgehead atoms. The fourth-order valence-corrected chi connectivity index (χ4v) is 3.58. The summed E-state index contributed by atoms with van der Waals surface area (Å²) in [5, 5.41) is 5.38. The van der Waals surface area contributed by atoms with Crippen molar-refractivity contribution < 1.29 is 28.6 Å². The third kappa shape index (κ3) is 5.29. The van der Waals surface area contributed by atoms with Gasteiger partial charge in [-0.2, -0.15) is 0 Å². The lowest BCUT2D eigenvalue weighted by atomic mass is 9.93. The number of ether oxygens (including phenoxy) is 3. The lowest BCUT2D eigenvalue weighted by molar-refractivity contribution is -0.150. The molecule has 0 spiro atoms. The number of urea groups is 1. The third-order valence-electron chi connectivity index (χ3n) is 4.23. The molecule has 0 saturated heterocycles. The van der Waals surface area contributed by atoms with Crippen LogP contribution in [0.4, 0.5) is 4.79 Å². The van der Waals surface area contributed by atoms with E-state index in [-0.39, 0.29) is 12.4 Å². The molecule has 9 heteroatoms. The molecule has 8 nitrogen and oxygen atoms in total. The van der Waals surface area contributed by atoms with Crippen molar-refractivity contribution in [3.05, 3.63) is 33.4 Å². The molecule has 1 aromatic carbocycles. The van der Waals surface area contributed by atoms with Crippen LogP contribution in [0.2, 0.25) is 0 Å². The zero-order valence-corrected chi connectivity index (χ0v) is 18.6. The first-order valence-electron chi connectivity index (χ1n) is 9.28. The Morgan fingerprint density at radius 1 is 1.24 bits per heavy atom. The van der Waals surface area contributed by atoms with E-state index < -0.39 is 24.1 Å². The normalized spacial score (nSPS) is 17.2. The van der Waals surface area contributed by atoms with E-state index in [2.05, 4.69) is 26.6 Å². The number of amides is 2. The van der Waals surface area contributed by atoms with Gasteiger partial charge in [0.25, 0.3) is 0 Å². The molecular weight excluding hydrogens is 444 g/mol. The molecule has 0 aromatic heterocycles. The molecule has 1 aliphatic rings. The average Bonchev–Trinajstić information content (AvgIpc) is 2.63. The van der Waals surface area contributed by atoms with Crippen LogP contribution >= 0.6 is 15.9 Å². The summed E-state index contributed by atoms with van der Waals surface area (Å²) in [6.07, 6.45) is -0.843. The molecular formula is C20H25BrN2O6. The van der Waals surface area contributed by atoms with Crippen molar-refractivity contribution in [2.24, 2.45) is 0 Å². The standard InChI is InChI=1S/C20H25BrN2O6/c1-6-27-15-9-13(17-16(11(4)24)10(3)22-20(26)23-17)8-14(21)18(15)29-12(5)19(25)28-7-2/h8-9,12,17H,6-7H2,1-5H3,(H2,22,23,26)/t12-,17+/m0/s1. The highest BCUT2D eigenvalue weighted by atomic mass is 79.9. The number of hydrogen-bond acceptors (Lipinski definition) is 6. The van der Waals surface area contributed by atoms with E-state index in [4.69, 9.17) is 14.2 Å². The number of carbonyl (C=O) groups is 3. The van der Waals surface area contributed by atoms with Gasteiger partial charge in [-0.25, -0.2) is 9.59 Å². The predicted octanol–water partition coefficient (Wildman–Crippen LogP) is 3.40. The zero-order valence-electron chi connectivity index (χ0n) is 17.1. The van der Waals surface area contributed by atoms with Gasteiger partial charge in [0.2, 0.25) is 0 Å². The first kappa shape index (κ1) is 22.7. The minimum atomic E-state index is -0.843. The van der Waals surface area contributed by atoms with Crippen molar-refractivity contribution in [2.75, 3.05) is 13.2 Å². The molecule has 0 saturated carbocycles. The molecule has 1 heterocycles. The van der Waals surface area contributed by atoms with E-state index in [1.165, 1.54) is 6.92 Å². The van der Waals surface area contributed by atoms with Crippen molar-refractivity contribution >= 4 is 33.7 Å². The highest BCUT2D eigenvalue weighted by molar-refractivity contribution is 9.10. The number of nitrogens with one attached hydrogen (secondary N) is 2. The average molecular weight is 469 g/mol. The number of Topliss-reactive ketones (excluding diaryl/α,β-unsaturated/α-hetero) is 1. The molecule has 1 aromatic rings. The molecule has 1 aliphatic heterocycles. The molecule has 2 rings (SSSR count). The number of hydrogen-bond donors (Lipinski definition) is 2. The van der Waals surface area contributed by atoms with Crippen LogP contribution in [0.3, 0.4) is 0 Å². The summed E-state index contributed by atoms with van der Waals surface area (Å²) >= 11 is 3.45. The van der Waals surface area contributed by atoms with Gasteiger partial charge in [0, 0.05) is 11.3 Å². The van der Waals surface area contributed by atoms with Crippen LogP contribution < -0.4 is 20.1 Å². The monoisotopic (exact) mass is 468 g/mol. The van der Waals surface area contributed by atoms with Crippen molar-refractivity contribution in [1.29, 1.82) is 0 Å². The van der Waals surface area contributed by atoms with Gasteiger partial charge in [0.1, 0.15) is 0 Å². The van der Waals surface area contributed by atoms with Crippen LogP contribution in [0.5, 0.6) is 11.5 Å². The van der Waals surface area contributed by atoms with Gasteiger partial charge in [-0.3, -0.25) is 4.79 Å². The summed E-state index contributed by atoms with van der Waals surface area (Å²) in [5.41, 5.74) is 1.58. The second kappa shape index (κ2) is 9.78. The number of carbonyl (C=O) groups excluding carboxylic acids is 3. The van der Waals surface area contributed by atoms with Gasteiger partial charge in [-0.05, 0) is 68.2 Å². The Kier molecular flexibility index (Phi) is 7.66. The maximum atomic E-state index is 12.2. The molecule has 0 fully saturated rings. The van der Waals surface area contributed by atoms with Gasteiger partial charge in [0.15, 0.2) is 23.4 Å². The zero-order chi connectivity index (χ0) is 21.7. The molecule has 29 heavy (non-hydrogen) atoms. The molecule has 0 radical (unpaired) electrons. The van der Waals surface area contributed by atoms with Crippen LogP contribution in [0, 0.1) is 0 Å². The number of esters is 1. The van der Waals surface area contributed by atoms with Gasteiger partial charge in [-0.15, -0.1) is 0 Å². The second-order valence-corrected chi connectivity index (χ2v) is 7.26. The molecule has 2 amide bonds. The summed E-state index contributed by atoms with van der Waals surface area (Å²) in [6, 6.07) is 2.37. The van der Waals surface area contributed by atoms with Crippen LogP contribution in [0.15, 0.2) is 27.9 Å². The van der Waals surface area contributed by atoms with E-state index in [0.29, 0.717) is 39.4 Å². The van der Waals surface area contributed by atoms with Crippen LogP contribution in [-0.4, -0.2) is 37.1 Å². The van der Waals surface area contributed by atoms with Crippen molar-refractivity contribution in [3.8, 4) is 11.5 Å². The summed E-state index contributed by atoms with van der Waals surface area (Å²) in [6.45, 7) is 8.85. The first-order valence-corrected chi connectivity index (χ1v) is 10.1. The maximum Gasteiger partial charge on any atom is 0.347 e. The number of rotatable bonds is 8. The van der Waals surface area contributed by atoms with Gasteiger partial charge < -0.3 is 24.8 Å². The van der Waals surface area contributed by atoms with E-state index >= 15 is 0 Å². The Bertz CT molecular complexity index is 852. The Hall–Kier alpha value is -2.55. The molecule has 2 atom stereocenters. The number of allylic oxidation sites excluding steroid dienone is 1. The Labute approximate surface area is 178 Å². The van der Waals surface area contributed by atoms with Gasteiger partial charge >= 0.3 is 12.0 Å². The lowest BCUT2D eigenvalue weighted by Crippen LogP contribution is -2.44. The topological polar surface area (TPSA) is 103 Å². The molecule has 2 N–H and O–H groups in total. The van der Waals surface area contributed by atoms with Crippen molar-refractivity contribution in [2.45, 2.75) is 46.8 Å². The van der Waals surface area contributed by atoms with E-state index in [0.717, 1.165) is 0 Å². The van der Waals surface area contributed by atoms with E-state index in [1.54, 1.807) is 32.9 Å². The largest absolute Gasteiger partial charge is 0.490 e. The number of benzene rings is 1. The minimum absolute atomic E-state index is 0.162. The second-order valence-electron chi connectivity index (χ2n) is 6.40. The summed E-state index contributed by atoms with van der Waals surface area (Å²) in [5.74, 6) is 0.0576. The van der Waals surface area contributed by atoms with Gasteiger partial charge in [-0.1, -0.05) is 0 Å². The highest BCUT2D eigenvalue weighted by Gasteiger charge is 2.31. The summed E-state index contributed by atoms with van der Waals surface area (Å²) in [7, 11) is 0. The Balaban J connectivity index is 2.48. The highest BCUT2D eigenvalue weighted by Crippen LogP contribution is 2.41. The minimum Gasteiger partial charge on any atom is -0.490 e. The Morgan fingerprint density at radius 2 is 1.93 bits per heavy atom.